The van der Waals surface area contributed by atoms with Gasteiger partial charge in [-0.3, -0.25) is 0 Å². The molecule has 2 atom stereocenters. The highest BCUT2D eigenvalue weighted by molar-refractivity contribution is 6.35. The minimum Gasteiger partial charge on any atom is -0.393 e. The van der Waals surface area contributed by atoms with Crippen molar-refractivity contribution in [3.63, 3.8) is 0 Å². The maximum absolute atomic E-state index is 13.3. The largest absolute Gasteiger partial charge is 0.393 e. The lowest BCUT2D eigenvalue weighted by Crippen LogP contribution is -2.16. The smallest absolute Gasteiger partial charge is 0.142 e. The molecule has 1 nitrogen and oxygen atoms in total. The first-order valence-corrected chi connectivity index (χ1v) is 6.05. The first-order chi connectivity index (χ1) is 7.47. The molecule has 1 N–H and O–H groups in total. The van der Waals surface area contributed by atoms with Gasteiger partial charge in [-0.25, -0.2) is 4.39 Å². The Balaban J connectivity index is 2.99. The van der Waals surface area contributed by atoms with E-state index < -0.39 is 11.9 Å². The minimum atomic E-state index is -0.511. The fraction of sp³-hybridized carbons (Fsp3) is 0.500. The van der Waals surface area contributed by atoms with Gasteiger partial charge < -0.3 is 5.11 Å². The van der Waals surface area contributed by atoms with Crippen molar-refractivity contribution in [3.05, 3.63) is 33.6 Å². The van der Waals surface area contributed by atoms with Crippen molar-refractivity contribution in [2.45, 2.75) is 38.7 Å². The number of rotatable bonds is 4. The average Bonchev–Trinajstić information content (AvgIpc) is 2.23. The zero-order chi connectivity index (χ0) is 12.3. The summed E-state index contributed by atoms with van der Waals surface area (Å²) in [4.78, 5) is 0. The summed E-state index contributed by atoms with van der Waals surface area (Å²) in [6, 6.07) is 2.68. The van der Waals surface area contributed by atoms with Crippen LogP contribution in [0.4, 0.5) is 4.39 Å². The van der Waals surface area contributed by atoms with Crippen molar-refractivity contribution < 1.29 is 9.50 Å². The fourth-order valence-electron chi connectivity index (χ4n) is 1.64. The first kappa shape index (κ1) is 13.8. The van der Waals surface area contributed by atoms with E-state index >= 15 is 0 Å². The third-order valence-corrected chi connectivity index (χ3v) is 3.31. The maximum Gasteiger partial charge on any atom is 0.142 e. The molecular formula is C12H15Cl2FO. The van der Waals surface area contributed by atoms with E-state index in [1.54, 1.807) is 0 Å². The van der Waals surface area contributed by atoms with Crippen molar-refractivity contribution in [2.24, 2.45) is 0 Å². The zero-order valence-corrected chi connectivity index (χ0v) is 10.8. The molecule has 0 saturated heterocycles. The van der Waals surface area contributed by atoms with Crippen LogP contribution in [0.25, 0.3) is 0 Å². The Bertz CT molecular complexity index is 368. The van der Waals surface area contributed by atoms with Crippen LogP contribution >= 0.6 is 23.2 Å². The van der Waals surface area contributed by atoms with Crippen LogP contribution in [0.3, 0.4) is 0 Å². The molecule has 0 bridgehead atoms. The van der Waals surface area contributed by atoms with Gasteiger partial charge in [0.15, 0.2) is 0 Å². The van der Waals surface area contributed by atoms with Gasteiger partial charge in [-0.1, -0.05) is 43.5 Å². The second kappa shape index (κ2) is 5.85. The van der Waals surface area contributed by atoms with Gasteiger partial charge in [-0.05, 0) is 24.1 Å². The molecule has 0 aliphatic carbocycles. The van der Waals surface area contributed by atoms with Crippen molar-refractivity contribution in [1.29, 1.82) is 0 Å². The summed E-state index contributed by atoms with van der Waals surface area (Å²) in [5, 5.41) is 10.2. The van der Waals surface area contributed by atoms with Gasteiger partial charge in [-0.15, -0.1) is 0 Å². The Morgan fingerprint density at radius 1 is 1.31 bits per heavy atom. The third-order valence-electron chi connectivity index (χ3n) is 2.69. The number of aliphatic hydroxyl groups excluding tert-OH is 1. The number of hydrogen-bond acceptors (Lipinski definition) is 1. The number of hydrogen-bond donors (Lipinski definition) is 1. The molecule has 4 heteroatoms. The van der Waals surface area contributed by atoms with E-state index in [1.165, 1.54) is 12.1 Å². The number of halogens is 3. The van der Waals surface area contributed by atoms with Gasteiger partial charge in [0.25, 0.3) is 0 Å². The van der Waals surface area contributed by atoms with E-state index in [0.717, 1.165) is 6.42 Å². The van der Waals surface area contributed by atoms with Gasteiger partial charge >= 0.3 is 0 Å². The Morgan fingerprint density at radius 2 is 1.94 bits per heavy atom. The van der Waals surface area contributed by atoms with Crippen LogP contribution in [0, 0.1) is 5.82 Å². The Labute approximate surface area is 105 Å². The van der Waals surface area contributed by atoms with Crippen LogP contribution in [-0.2, 0) is 0 Å². The molecule has 0 aliphatic rings. The summed E-state index contributed by atoms with van der Waals surface area (Å²) < 4.78 is 13.3. The molecule has 0 saturated carbocycles. The highest BCUT2D eigenvalue weighted by atomic mass is 35.5. The summed E-state index contributed by atoms with van der Waals surface area (Å²) in [6.45, 7) is 3.81. The molecule has 0 heterocycles. The van der Waals surface area contributed by atoms with Crippen LogP contribution in [0.5, 0.6) is 0 Å². The second-order valence-electron chi connectivity index (χ2n) is 3.93. The topological polar surface area (TPSA) is 20.2 Å². The molecule has 90 valence electrons. The zero-order valence-electron chi connectivity index (χ0n) is 9.30. The van der Waals surface area contributed by atoms with E-state index in [4.69, 9.17) is 23.2 Å². The molecule has 0 aromatic heterocycles. The molecule has 1 aromatic carbocycles. The molecule has 0 radical (unpaired) electrons. The predicted octanol–water partition coefficient (Wildman–Crippen LogP) is 4.40. The molecule has 1 rings (SSSR count). The summed E-state index contributed by atoms with van der Waals surface area (Å²) in [6.07, 6.45) is 1.03. The van der Waals surface area contributed by atoms with Gasteiger partial charge in [0, 0.05) is 10.9 Å². The van der Waals surface area contributed by atoms with Crippen molar-refractivity contribution >= 4 is 23.2 Å². The van der Waals surface area contributed by atoms with Gasteiger partial charge in [-0.2, -0.15) is 0 Å². The molecular weight excluding hydrogens is 250 g/mol. The lowest BCUT2D eigenvalue weighted by molar-refractivity contribution is 0.138. The average molecular weight is 265 g/mol. The van der Waals surface area contributed by atoms with E-state index in [-0.39, 0.29) is 10.9 Å². The van der Waals surface area contributed by atoms with Crippen molar-refractivity contribution in [1.82, 2.24) is 0 Å². The SMILES string of the molecule is CCCC(O)C(C)c1cc(F)c(Cl)cc1Cl. The van der Waals surface area contributed by atoms with Crippen molar-refractivity contribution in [2.75, 3.05) is 0 Å². The maximum atomic E-state index is 13.3. The Hall–Kier alpha value is -0.310. The van der Waals surface area contributed by atoms with E-state index in [9.17, 15) is 9.50 Å². The van der Waals surface area contributed by atoms with Crippen LogP contribution in [-0.4, -0.2) is 11.2 Å². The fourth-order valence-corrected chi connectivity index (χ4v) is 2.20. The predicted molar refractivity (Wildman–Crippen MR) is 65.7 cm³/mol. The van der Waals surface area contributed by atoms with E-state index in [0.29, 0.717) is 17.0 Å². The molecule has 0 aliphatic heterocycles. The highest BCUT2D eigenvalue weighted by Crippen LogP contribution is 2.32. The van der Waals surface area contributed by atoms with Crippen LogP contribution in [0.1, 0.15) is 38.2 Å². The number of aliphatic hydroxyl groups is 1. The van der Waals surface area contributed by atoms with Crippen LogP contribution < -0.4 is 0 Å². The molecule has 0 amide bonds. The van der Waals surface area contributed by atoms with E-state index in [1.807, 2.05) is 13.8 Å². The van der Waals surface area contributed by atoms with Crippen molar-refractivity contribution in [3.8, 4) is 0 Å². The monoisotopic (exact) mass is 264 g/mol. The number of benzene rings is 1. The normalized spacial score (nSPS) is 14.9. The Morgan fingerprint density at radius 3 is 2.50 bits per heavy atom. The second-order valence-corrected chi connectivity index (χ2v) is 4.75. The molecule has 2 unspecified atom stereocenters. The Kier molecular flexibility index (Phi) is 5.03. The lowest BCUT2D eigenvalue weighted by atomic mass is 9.92. The first-order valence-electron chi connectivity index (χ1n) is 5.29. The third kappa shape index (κ3) is 3.09. The molecule has 1 aromatic rings. The van der Waals surface area contributed by atoms with Gasteiger partial charge in [0.1, 0.15) is 5.82 Å². The summed E-state index contributed by atoms with van der Waals surface area (Å²) >= 11 is 11.6. The van der Waals surface area contributed by atoms with E-state index in [2.05, 4.69) is 0 Å². The summed E-state index contributed by atoms with van der Waals surface area (Å²) in [7, 11) is 0. The quantitative estimate of drug-likeness (QED) is 0.800. The van der Waals surface area contributed by atoms with Gasteiger partial charge in [0.05, 0.1) is 11.1 Å². The standard InChI is InChI=1S/C12H15Cl2FO/c1-3-4-12(16)7(2)8-5-11(15)10(14)6-9(8)13/h5-7,12,16H,3-4H2,1-2H3. The summed E-state index contributed by atoms with van der Waals surface area (Å²) in [5.74, 6) is -0.698. The van der Waals surface area contributed by atoms with Gasteiger partial charge in [0.2, 0.25) is 0 Å². The lowest BCUT2D eigenvalue weighted by Gasteiger charge is -2.20. The summed E-state index contributed by atoms with van der Waals surface area (Å²) in [5.41, 5.74) is 0.601. The minimum absolute atomic E-state index is 0.00549. The molecule has 16 heavy (non-hydrogen) atoms. The highest BCUT2D eigenvalue weighted by Gasteiger charge is 2.19. The van der Waals surface area contributed by atoms with Crippen LogP contribution in [0.15, 0.2) is 12.1 Å². The molecule has 0 spiro atoms. The van der Waals surface area contributed by atoms with Crippen LogP contribution in [0.2, 0.25) is 10.0 Å². The molecule has 0 fully saturated rings.